The van der Waals surface area contributed by atoms with Gasteiger partial charge < -0.3 is 30.3 Å². The van der Waals surface area contributed by atoms with Crippen LogP contribution in [0.3, 0.4) is 0 Å². The standard InChI is InChI=1S/C44H48FN11O6/c1-61-34-3-2-4-35(38(34)45)62-31-12-7-27(8-13-31)39-37-40(46)48-25-49-41(37)56(52-39)29-9-5-28(6-10-29)44(60)55-23-26(24-55)22-53-17-19-54(20-18-53)30-11-14-32(47-21-30)42(58)50-33-15-16-36(57)51-43(33)59/h2-4,7-8,11-14,21,25-26,28-29,33H,5-6,9-10,15-20,22-24H2,1H3,(H,50,58)(H2,46,48,49)(H,51,57,59). The van der Waals surface area contributed by atoms with E-state index in [0.29, 0.717) is 34.2 Å². The maximum atomic E-state index is 14.7. The highest BCUT2D eigenvalue weighted by atomic mass is 19.1. The predicted molar refractivity (Wildman–Crippen MR) is 226 cm³/mol. The number of hydrogen-bond acceptors (Lipinski definition) is 13. The van der Waals surface area contributed by atoms with Gasteiger partial charge >= 0.3 is 0 Å². The van der Waals surface area contributed by atoms with E-state index in [-0.39, 0.29) is 53.8 Å². The van der Waals surface area contributed by atoms with Crippen LogP contribution >= 0.6 is 0 Å². The number of ether oxygens (including phenoxy) is 2. The van der Waals surface area contributed by atoms with Crippen LogP contribution in [0.25, 0.3) is 22.3 Å². The Morgan fingerprint density at radius 1 is 0.919 bits per heavy atom. The molecule has 1 aliphatic carbocycles. The van der Waals surface area contributed by atoms with E-state index in [9.17, 15) is 23.6 Å². The third-order valence-corrected chi connectivity index (χ3v) is 12.5. The van der Waals surface area contributed by atoms with Gasteiger partial charge in [-0.25, -0.2) is 19.6 Å². The van der Waals surface area contributed by atoms with E-state index in [0.717, 1.165) is 82.7 Å². The van der Waals surface area contributed by atoms with Crippen LogP contribution in [-0.2, 0) is 14.4 Å². The van der Waals surface area contributed by atoms with Gasteiger partial charge in [0.15, 0.2) is 17.1 Å². The number of nitrogens with one attached hydrogen (secondary N) is 2. The maximum absolute atomic E-state index is 14.7. The summed E-state index contributed by atoms with van der Waals surface area (Å²) in [4.78, 5) is 69.6. The number of piperazine rings is 1. The number of pyridine rings is 1. The average molecular weight is 846 g/mol. The van der Waals surface area contributed by atoms with Gasteiger partial charge in [-0.3, -0.25) is 29.4 Å². The Kier molecular flexibility index (Phi) is 11.4. The Hall–Kier alpha value is -6.69. The molecule has 1 unspecified atom stereocenters. The Morgan fingerprint density at radius 2 is 1.68 bits per heavy atom. The van der Waals surface area contributed by atoms with Gasteiger partial charge in [-0.1, -0.05) is 6.07 Å². The summed E-state index contributed by atoms with van der Waals surface area (Å²) in [6.07, 6.45) is 6.68. The number of hydrogen-bond donors (Lipinski definition) is 3. The lowest BCUT2D eigenvalue weighted by Crippen LogP contribution is -2.57. The molecule has 4 amide bonds. The second-order valence-corrected chi connectivity index (χ2v) is 16.4. The molecule has 0 radical (unpaired) electrons. The number of aromatic nitrogens is 5. The smallest absolute Gasteiger partial charge is 0.270 e. The van der Waals surface area contributed by atoms with Crippen molar-refractivity contribution in [3.8, 4) is 28.5 Å². The van der Waals surface area contributed by atoms with Crippen LogP contribution in [0.2, 0.25) is 0 Å². The number of halogens is 1. The highest BCUT2D eigenvalue weighted by Crippen LogP contribution is 2.39. The molecular weight excluding hydrogens is 798 g/mol. The number of piperidine rings is 1. The molecule has 2 aromatic carbocycles. The third-order valence-electron chi connectivity index (χ3n) is 12.5. The third kappa shape index (κ3) is 8.33. The summed E-state index contributed by atoms with van der Waals surface area (Å²) < 4.78 is 27.5. The topological polar surface area (TPSA) is 203 Å². The van der Waals surface area contributed by atoms with Crippen molar-refractivity contribution in [3.63, 3.8) is 0 Å². The van der Waals surface area contributed by atoms with Crippen LogP contribution in [0.15, 0.2) is 67.1 Å². The first-order chi connectivity index (χ1) is 30.1. The van der Waals surface area contributed by atoms with Gasteiger partial charge in [0, 0.05) is 69.6 Å². The number of nitrogens with zero attached hydrogens (tertiary/aromatic N) is 8. The predicted octanol–water partition coefficient (Wildman–Crippen LogP) is 3.96. The first-order valence-electron chi connectivity index (χ1n) is 21.1. The molecular formula is C44H48FN11O6. The number of nitrogen functional groups attached to an aromatic ring is 1. The zero-order valence-corrected chi connectivity index (χ0v) is 34.3. The number of fused-ring (bicyclic) bond motifs is 1. The Morgan fingerprint density at radius 3 is 2.39 bits per heavy atom. The van der Waals surface area contributed by atoms with Crippen molar-refractivity contribution in [2.75, 3.05) is 63.6 Å². The van der Waals surface area contributed by atoms with Crippen molar-refractivity contribution in [1.29, 1.82) is 0 Å². The summed E-state index contributed by atoms with van der Waals surface area (Å²) in [5, 5.41) is 10.6. The Balaban J connectivity index is 0.737. The molecule has 1 saturated carbocycles. The minimum Gasteiger partial charge on any atom is -0.494 e. The number of methoxy groups -OCH3 is 1. The van der Waals surface area contributed by atoms with Gasteiger partial charge in [-0.15, -0.1) is 0 Å². The maximum Gasteiger partial charge on any atom is 0.270 e. The number of imide groups is 1. The molecule has 5 aromatic rings. The second-order valence-electron chi connectivity index (χ2n) is 16.4. The van der Waals surface area contributed by atoms with Gasteiger partial charge in [0.2, 0.25) is 23.5 Å². The van der Waals surface area contributed by atoms with Crippen molar-refractivity contribution in [1.82, 2.24) is 45.2 Å². The van der Waals surface area contributed by atoms with Crippen molar-refractivity contribution in [3.05, 3.63) is 78.6 Å². The normalized spacial score (nSPS) is 21.0. The molecule has 4 fully saturated rings. The number of carbonyl (C=O) groups excluding carboxylic acids is 4. The molecule has 6 heterocycles. The Bertz CT molecular complexity index is 2480. The number of anilines is 2. The van der Waals surface area contributed by atoms with Gasteiger partial charge in [-0.05, 0) is 80.6 Å². The lowest BCUT2D eigenvalue weighted by Gasteiger charge is -2.45. The van der Waals surface area contributed by atoms with E-state index in [1.54, 1.807) is 30.5 Å². The van der Waals surface area contributed by atoms with Crippen LogP contribution in [0.1, 0.15) is 55.1 Å². The molecule has 0 spiro atoms. The van der Waals surface area contributed by atoms with Crippen molar-refractivity contribution in [2.45, 2.75) is 50.6 Å². The number of amides is 4. The first kappa shape index (κ1) is 40.7. The van der Waals surface area contributed by atoms with E-state index >= 15 is 0 Å². The van der Waals surface area contributed by atoms with Gasteiger partial charge in [-0.2, -0.15) is 9.49 Å². The minimum atomic E-state index is -0.749. The van der Waals surface area contributed by atoms with Crippen molar-refractivity contribution < 1.29 is 33.0 Å². The van der Waals surface area contributed by atoms with Crippen LogP contribution in [0.4, 0.5) is 15.9 Å². The second kappa shape index (κ2) is 17.4. The SMILES string of the molecule is COc1cccc(Oc2ccc(-c3nn(C4CCC(C(=O)N5CC(CN6CCN(c7ccc(C(=O)NC8CCC(=O)NC8=O)nc7)CC6)C5)CC4)c4ncnc(N)c34)cc2)c1F. The summed E-state index contributed by atoms with van der Waals surface area (Å²) in [6, 6.07) is 14.7. The number of carbonyl (C=O) groups is 4. The first-order valence-corrected chi connectivity index (χ1v) is 21.1. The molecule has 4 aliphatic rings. The van der Waals surface area contributed by atoms with Crippen LogP contribution < -0.4 is 30.7 Å². The zero-order chi connectivity index (χ0) is 42.9. The largest absolute Gasteiger partial charge is 0.494 e. The average Bonchev–Trinajstić information content (AvgIpc) is 3.68. The molecule has 3 aromatic heterocycles. The van der Waals surface area contributed by atoms with Gasteiger partial charge in [0.05, 0.1) is 30.4 Å². The fraction of sp³-hybridized carbons (Fsp3) is 0.409. The molecule has 0 bridgehead atoms. The molecule has 18 heteroatoms. The summed E-state index contributed by atoms with van der Waals surface area (Å²) >= 11 is 0. The van der Waals surface area contributed by atoms with E-state index in [1.807, 2.05) is 27.8 Å². The summed E-state index contributed by atoms with van der Waals surface area (Å²) in [7, 11) is 1.40. The van der Waals surface area contributed by atoms with Gasteiger partial charge in [0.1, 0.15) is 35.3 Å². The van der Waals surface area contributed by atoms with Crippen molar-refractivity contribution >= 4 is 46.2 Å². The van der Waals surface area contributed by atoms with Gasteiger partial charge in [0.25, 0.3) is 5.91 Å². The quantitative estimate of drug-likeness (QED) is 0.162. The molecule has 3 saturated heterocycles. The number of rotatable bonds is 11. The molecule has 322 valence electrons. The number of benzene rings is 2. The van der Waals surface area contributed by atoms with Crippen molar-refractivity contribution in [2.24, 2.45) is 11.8 Å². The fourth-order valence-electron chi connectivity index (χ4n) is 9.00. The van der Waals surface area contributed by atoms with Crippen LogP contribution in [0.5, 0.6) is 17.2 Å². The molecule has 9 rings (SSSR count). The number of nitrogens with two attached hydrogens (primary N) is 1. The fourth-order valence-corrected chi connectivity index (χ4v) is 9.00. The monoisotopic (exact) mass is 845 g/mol. The highest BCUT2D eigenvalue weighted by molar-refractivity contribution is 6.03. The molecule has 4 N–H and O–H groups in total. The minimum absolute atomic E-state index is 0.0257. The summed E-state index contributed by atoms with van der Waals surface area (Å²) in [6.45, 7) is 5.90. The number of likely N-dealkylation sites (tertiary alicyclic amines) is 1. The zero-order valence-electron chi connectivity index (χ0n) is 34.3. The molecule has 17 nitrogen and oxygen atoms in total. The molecule has 3 aliphatic heterocycles. The van der Waals surface area contributed by atoms with E-state index < -0.39 is 23.7 Å². The van der Waals surface area contributed by atoms with E-state index in [2.05, 4.69) is 35.4 Å². The lowest BCUT2D eigenvalue weighted by atomic mass is 9.84. The summed E-state index contributed by atoms with van der Waals surface area (Å²) in [5.74, 6) is -0.284. The van der Waals surface area contributed by atoms with E-state index in [1.165, 1.54) is 25.6 Å². The molecule has 1 atom stereocenters. The lowest BCUT2D eigenvalue weighted by molar-refractivity contribution is -0.144. The summed E-state index contributed by atoms with van der Waals surface area (Å²) in [5.41, 5.74) is 9.63. The Labute approximate surface area is 356 Å². The van der Waals surface area contributed by atoms with Crippen LogP contribution in [0, 0.1) is 17.7 Å². The van der Waals surface area contributed by atoms with Crippen LogP contribution in [-0.4, -0.2) is 117 Å². The van der Waals surface area contributed by atoms with E-state index in [4.69, 9.17) is 20.3 Å². The molecule has 62 heavy (non-hydrogen) atoms. The highest BCUT2D eigenvalue weighted by Gasteiger charge is 2.38.